The van der Waals surface area contributed by atoms with Gasteiger partial charge in [0.2, 0.25) is 0 Å². The third-order valence-corrected chi connectivity index (χ3v) is 7.05. The van der Waals surface area contributed by atoms with Gasteiger partial charge in [-0.2, -0.15) is 0 Å². The van der Waals surface area contributed by atoms with Gasteiger partial charge < -0.3 is 19.0 Å². The fourth-order valence-corrected chi connectivity index (χ4v) is 4.94. The minimum absolute atomic E-state index is 0.000605. The van der Waals surface area contributed by atoms with Gasteiger partial charge in [0.15, 0.2) is 22.6 Å². The van der Waals surface area contributed by atoms with Crippen molar-refractivity contribution in [3.05, 3.63) is 104 Å². The number of carbonyl (C=O) groups excluding carboxylic acids is 1. The first kappa shape index (κ1) is 27.5. The molecule has 0 aliphatic carbocycles. The van der Waals surface area contributed by atoms with E-state index in [1.807, 2.05) is 26.8 Å². The van der Waals surface area contributed by atoms with Crippen molar-refractivity contribution < 1.29 is 18.5 Å². The molecule has 0 radical (unpaired) electrons. The second-order valence-corrected chi connectivity index (χ2v) is 10.3. The van der Waals surface area contributed by atoms with Gasteiger partial charge in [0.25, 0.3) is 5.91 Å². The van der Waals surface area contributed by atoms with Crippen molar-refractivity contribution in [2.75, 3.05) is 6.54 Å². The first-order valence-corrected chi connectivity index (χ1v) is 13.5. The highest BCUT2D eigenvalue weighted by Crippen LogP contribution is 2.43. The van der Waals surface area contributed by atoms with Crippen LogP contribution in [0, 0.1) is 0 Å². The number of halogens is 2. The van der Waals surface area contributed by atoms with E-state index in [0.717, 1.165) is 5.56 Å². The van der Waals surface area contributed by atoms with Gasteiger partial charge in [-0.25, -0.2) is 0 Å². The minimum Gasteiger partial charge on any atom is -0.483 e. The Labute approximate surface area is 240 Å². The fraction of sp³-hybridized carbons (Fsp3) is 0.194. The highest BCUT2D eigenvalue weighted by molar-refractivity contribution is 6.39. The zero-order chi connectivity index (χ0) is 28.4. The molecule has 0 atom stereocenters. The molecule has 1 N–H and O–H groups in total. The van der Waals surface area contributed by atoms with Gasteiger partial charge in [-0.15, -0.1) is 0 Å². The molecule has 0 aliphatic heterocycles. The molecule has 2 aromatic heterocycles. The van der Waals surface area contributed by atoms with Gasteiger partial charge in [0.05, 0.1) is 21.0 Å². The van der Waals surface area contributed by atoms with E-state index in [2.05, 4.69) is 10.5 Å². The van der Waals surface area contributed by atoms with E-state index in [-0.39, 0.29) is 23.9 Å². The number of hydrogen-bond donors (Lipinski definition) is 1. The molecule has 9 heteroatoms. The Bertz CT molecular complexity index is 1740. The number of nitrogens with one attached hydrogen (secondary N) is 1. The summed E-state index contributed by atoms with van der Waals surface area (Å²) in [6, 6.07) is 17.4. The topological polar surface area (TPSA) is 94.6 Å². The number of ether oxygens (including phenoxy) is 1. The monoisotopic (exact) mass is 576 g/mol. The molecule has 0 unspecified atom stereocenters. The molecular formula is C31H26Cl2N2O5. The van der Waals surface area contributed by atoms with Gasteiger partial charge in [0, 0.05) is 23.6 Å². The largest absolute Gasteiger partial charge is 0.483 e. The molecule has 0 saturated heterocycles. The number of aromatic nitrogens is 1. The highest BCUT2D eigenvalue weighted by atomic mass is 35.5. The zero-order valence-electron chi connectivity index (χ0n) is 22.1. The SMILES string of the molecule is CCNC(=O)c1ccc(-c2coc3cc(COc4c(-c5c(Cl)cccc5Cl)noc4C(C)C)ccc3c2=O)cc1. The summed E-state index contributed by atoms with van der Waals surface area (Å²) in [5, 5.41) is 8.27. The van der Waals surface area contributed by atoms with E-state index in [1.54, 1.807) is 54.6 Å². The first-order valence-electron chi connectivity index (χ1n) is 12.8. The van der Waals surface area contributed by atoms with Crippen LogP contribution in [0.4, 0.5) is 0 Å². The fourth-order valence-electron chi connectivity index (χ4n) is 4.37. The van der Waals surface area contributed by atoms with Gasteiger partial charge in [-0.05, 0) is 54.4 Å². The van der Waals surface area contributed by atoms with Crippen LogP contribution in [-0.2, 0) is 6.61 Å². The van der Waals surface area contributed by atoms with Crippen molar-refractivity contribution >= 4 is 40.1 Å². The summed E-state index contributed by atoms with van der Waals surface area (Å²) in [6.07, 6.45) is 1.44. The van der Waals surface area contributed by atoms with E-state index in [4.69, 9.17) is 36.9 Å². The Kier molecular flexibility index (Phi) is 7.96. The maximum atomic E-state index is 13.3. The molecule has 2 heterocycles. The van der Waals surface area contributed by atoms with Crippen molar-refractivity contribution in [2.24, 2.45) is 0 Å². The van der Waals surface area contributed by atoms with Gasteiger partial charge in [0.1, 0.15) is 18.5 Å². The Hall–Kier alpha value is -4.07. The van der Waals surface area contributed by atoms with Gasteiger partial charge in [-0.3, -0.25) is 9.59 Å². The molecule has 7 nitrogen and oxygen atoms in total. The molecule has 0 aliphatic rings. The van der Waals surface area contributed by atoms with E-state index in [0.29, 0.717) is 67.0 Å². The minimum atomic E-state index is -0.170. The molecule has 5 aromatic rings. The van der Waals surface area contributed by atoms with E-state index >= 15 is 0 Å². The molecule has 1 amide bonds. The maximum absolute atomic E-state index is 13.3. The predicted molar refractivity (Wildman–Crippen MR) is 156 cm³/mol. The van der Waals surface area contributed by atoms with Crippen molar-refractivity contribution in [3.63, 3.8) is 0 Å². The Morgan fingerprint density at radius 3 is 2.45 bits per heavy atom. The third kappa shape index (κ3) is 5.35. The highest BCUT2D eigenvalue weighted by Gasteiger charge is 2.25. The smallest absolute Gasteiger partial charge is 0.251 e. The van der Waals surface area contributed by atoms with Crippen LogP contribution in [0.1, 0.15) is 48.4 Å². The summed E-state index contributed by atoms with van der Waals surface area (Å²) in [5.41, 5.74) is 3.59. The van der Waals surface area contributed by atoms with Crippen LogP contribution in [0.2, 0.25) is 10.0 Å². The van der Waals surface area contributed by atoms with Crippen LogP contribution in [0.25, 0.3) is 33.4 Å². The average Bonchev–Trinajstić information content (AvgIpc) is 3.36. The number of hydrogen-bond acceptors (Lipinski definition) is 6. The summed E-state index contributed by atoms with van der Waals surface area (Å²) in [5.74, 6) is 0.864. The maximum Gasteiger partial charge on any atom is 0.251 e. The molecule has 3 aromatic carbocycles. The van der Waals surface area contributed by atoms with Crippen molar-refractivity contribution in [3.8, 4) is 28.1 Å². The number of carbonyl (C=O) groups is 1. The summed E-state index contributed by atoms with van der Waals surface area (Å²) in [7, 11) is 0. The van der Waals surface area contributed by atoms with Crippen molar-refractivity contribution in [2.45, 2.75) is 33.3 Å². The van der Waals surface area contributed by atoms with Crippen LogP contribution < -0.4 is 15.5 Å². The number of nitrogens with zero attached hydrogens (tertiary/aromatic N) is 1. The van der Waals surface area contributed by atoms with Crippen LogP contribution in [0.5, 0.6) is 5.75 Å². The second-order valence-electron chi connectivity index (χ2n) is 9.51. The Balaban J connectivity index is 1.42. The van der Waals surface area contributed by atoms with E-state index in [1.165, 1.54) is 6.26 Å². The summed E-state index contributed by atoms with van der Waals surface area (Å²) in [6.45, 7) is 6.51. The Morgan fingerprint density at radius 1 is 1.05 bits per heavy atom. The van der Waals surface area contributed by atoms with Gasteiger partial charge >= 0.3 is 0 Å². The number of fused-ring (bicyclic) bond motifs is 1. The summed E-state index contributed by atoms with van der Waals surface area (Å²) in [4.78, 5) is 25.3. The van der Waals surface area contributed by atoms with Crippen molar-refractivity contribution in [1.29, 1.82) is 0 Å². The first-order chi connectivity index (χ1) is 19.3. The van der Waals surface area contributed by atoms with E-state index in [9.17, 15) is 9.59 Å². The number of amides is 1. The van der Waals surface area contributed by atoms with Crippen LogP contribution in [0.3, 0.4) is 0 Å². The van der Waals surface area contributed by atoms with Crippen LogP contribution in [-0.4, -0.2) is 17.6 Å². The molecular weight excluding hydrogens is 551 g/mol. The lowest BCUT2D eigenvalue weighted by molar-refractivity contribution is 0.0956. The average molecular weight is 577 g/mol. The molecule has 204 valence electrons. The zero-order valence-corrected chi connectivity index (χ0v) is 23.6. The molecule has 0 fully saturated rings. The van der Waals surface area contributed by atoms with E-state index < -0.39 is 0 Å². The van der Waals surface area contributed by atoms with Gasteiger partial charge in [-0.1, -0.05) is 66.5 Å². The van der Waals surface area contributed by atoms with Crippen LogP contribution in [0.15, 0.2) is 80.7 Å². The quantitative estimate of drug-likeness (QED) is 0.202. The molecule has 5 rings (SSSR count). The number of benzene rings is 3. The number of rotatable bonds is 8. The normalized spacial score (nSPS) is 11.2. The van der Waals surface area contributed by atoms with Crippen molar-refractivity contribution in [1.82, 2.24) is 10.5 Å². The summed E-state index contributed by atoms with van der Waals surface area (Å²) < 4.78 is 17.7. The summed E-state index contributed by atoms with van der Waals surface area (Å²) >= 11 is 12.9. The standard InChI is InChI=1S/C31H26Cl2N2O5/c1-4-34-31(37)20-11-9-19(10-12-20)22-16-38-25-14-18(8-13-21(25)28(22)36)15-39-30-27(35-40-29(30)17(2)3)26-23(32)6-5-7-24(26)33/h5-14,16-17H,4,15H2,1-3H3,(H,34,37). The molecule has 0 spiro atoms. The lowest BCUT2D eigenvalue weighted by Crippen LogP contribution is -2.22. The molecule has 40 heavy (non-hydrogen) atoms. The third-order valence-electron chi connectivity index (χ3n) is 6.42. The second kappa shape index (κ2) is 11.6. The lowest BCUT2D eigenvalue weighted by Gasteiger charge is -2.11. The molecule has 0 saturated carbocycles. The lowest BCUT2D eigenvalue weighted by atomic mass is 10.0. The van der Waals surface area contributed by atoms with Crippen LogP contribution >= 0.6 is 23.2 Å². The Morgan fingerprint density at radius 2 is 1.77 bits per heavy atom. The molecule has 0 bridgehead atoms. The predicted octanol–water partition coefficient (Wildman–Crippen LogP) is 7.87.